The molecule has 3 rings (SSSR count). The van der Waals surface area contributed by atoms with Gasteiger partial charge in [0.05, 0.1) is 20.8 Å². The topological polar surface area (TPSA) is 79.5 Å². The quantitative estimate of drug-likeness (QED) is 0.253. The summed E-state index contributed by atoms with van der Waals surface area (Å²) in [5, 5.41) is 3.66. The lowest BCUT2D eigenvalue weighted by atomic mass is 10.1. The molecule has 0 aliphatic rings. The number of benzene rings is 1. The number of rotatable bonds is 5. The van der Waals surface area contributed by atoms with E-state index in [0.29, 0.717) is 15.4 Å². The summed E-state index contributed by atoms with van der Waals surface area (Å²) in [7, 11) is 0. The molecule has 0 saturated carbocycles. The van der Waals surface area contributed by atoms with Crippen LogP contribution >= 0.6 is 50.8 Å². The molecule has 3 aromatic rings. The molecule has 150 valence electrons. The van der Waals surface area contributed by atoms with Crippen LogP contribution in [-0.2, 0) is 4.74 Å². The Morgan fingerprint density at radius 2 is 1.86 bits per heavy atom. The number of amides is 1. The Kier molecular flexibility index (Phi) is 7.37. The fraction of sp³-hybridized carbons (Fsp3) is 0.105. The average Bonchev–Trinajstić information content (AvgIpc) is 3.33. The molecule has 29 heavy (non-hydrogen) atoms. The minimum Gasteiger partial charge on any atom is -0.462 e. The van der Waals surface area contributed by atoms with E-state index in [1.54, 1.807) is 25.1 Å². The Labute approximate surface area is 189 Å². The van der Waals surface area contributed by atoms with Crippen molar-refractivity contribution in [2.75, 3.05) is 11.9 Å². The second-order valence-corrected chi connectivity index (χ2v) is 9.50. The molecular formula is C19H16BrN3O3S3. The predicted molar refractivity (Wildman–Crippen MR) is 125 cm³/mol. The Morgan fingerprint density at radius 3 is 2.52 bits per heavy atom. The van der Waals surface area contributed by atoms with Crippen LogP contribution in [0.15, 0.2) is 52.3 Å². The zero-order valence-corrected chi connectivity index (χ0v) is 19.2. The number of carbonyl (C=O) groups excluding carboxylic acids is 2. The molecule has 0 aliphatic carbocycles. The van der Waals surface area contributed by atoms with E-state index in [-0.39, 0.29) is 17.6 Å². The van der Waals surface area contributed by atoms with Crippen molar-refractivity contribution in [1.82, 2.24) is 10.9 Å². The van der Waals surface area contributed by atoms with Gasteiger partial charge in [-0.15, -0.1) is 22.7 Å². The number of halogens is 1. The molecule has 0 fully saturated rings. The highest BCUT2D eigenvalue weighted by Crippen LogP contribution is 2.35. The first-order valence-corrected chi connectivity index (χ1v) is 11.3. The molecule has 1 amide bonds. The molecular weight excluding hydrogens is 494 g/mol. The highest BCUT2D eigenvalue weighted by atomic mass is 79.9. The van der Waals surface area contributed by atoms with Crippen LogP contribution in [-0.4, -0.2) is 23.6 Å². The van der Waals surface area contributed by atoms with E-state index >= 15 is 0 Å². The molecule has 2 aromatic heterocycles. The molecule has 3 N–H and O–H groups in total. The molecule has 2 heterocycles. The maximum atomic E-state index is 12.4. The van der Waals surface area contributed by atoms with Crippen molar-refractivity contribution in [2.24, 2.45) is 0 Å². The lowest BCUT2D eigenvalue weighted by molar-refractivity contribution is 0.0528. The molecule has 0 saturated heterocycles. The van der Waals surface area contributed by atoms with Crippen molar-refractivity contribution in [2.45, 2.75) is 6.92 Å². The zero-order chi connectivity index (χ0) is 20.8. The van der Waals surface area contributed by atoms with Gasteiger partial charge in [0.15, 0.2) is 5.11 Å². The first kappa shape index (κ1) is 21.4. The maximum absolute atomic E-state index is 12.4. The summed E-state index contributed by atoms with van der Waals surface area (Å²) in [5.41, 5.74) is 6.54. The largest absolute Gasteiger partial charge is 0.462 e. The SMILES string of the molecule is CCOC(=O)c1cc(-c2ccccc2)sc1NC(=S)NNC(=O)c1ccc(Br)s1. The summed E-state index contributed by atoms with van der Waals surface area (Å²) in [4.78, 5) is 25.9. The van der Waals surface area contributed by atoms with E-state index < -0.39 is 5.97 Å². The number of thiophene rings is 2. The summed E-state index contributed by atoms with van der Waals surface area (Å²) in [5.74, 6) is -0.754. The minimum absolute atomic E-state index is 0.154. The number of thiocarbonyl (C=S) groups is 1. The van der Waals surface area contributed by atoms with Crippen molar-refractivity contribution in [3.05, 3.63) is 62.8 Å². The van der Waals surface area contributed by atoms with Gasteiger partial charge in [0, 0.05) is 4.88 Å². The van der Waals surface area contributed by atoms with E-state index in [4.69, 9.17) is 17.0 Å². The van der Waals surface area contributed by atoms with Gasteiger partial charge < -0.3 is 10.1 Å². The van der Waals surface area contributed by atoms with Crippen molar-refractivity contribution >= 4 is 72.8 Å². The summed E-state index contributed by atoms with van der Waals surface area (Å²) in [6, 6.07) is 15.0. The van der Waals surface area contributed by atoms with Crippen LogP contribution in [0.4, 0.5) is 5.00 Å². The number of anilines is 1. The molecule has 0 spiro atoms. The van der Waals surface area contributed by atoms with Gasteiger partial charge in [0.1, 0.15) is 5.00 Å². The Bertz CT molecular complexity index is 1030. The third-order valence-electron chi connectivity index (χ3n) is 3.60. The second-order valence-electron chi connectivity index (χ2n) is 5.58. The third kappa shape index (κ3) is 5.63. The van der Waals surface area contributed by atoms with Crippen LogP contribution in [0.5, 0.6) is 0 Å². The summed E-state index contributed by atoms with van der Waals surface area (Å²) in [6.45, 7) is 2.02. The Hall–Kier alpha value is -2.27. The molecule has 0 radical (unpaired) electrons. The fourth-order valence-electron chi connectivity index (χ4n) is 2.33. The van der Waals surface area contributed by atoms with Crippen LogP contribution in [0.2, 0.25) is 0 Å². The number of nitrogens with one attached hydrogen (secondary N) is 3. The van der Waals surface area contributed by atoms with E-state index in [0.717, 1.165) is 14.2 Å². The van der Waals surface area contributed by atoms with E-state index in [1.807, 2.05) is 30.3 Å². The highest BCUT2D eigenvalue weighted by Gasteiger charge is 2.19. The summed E-state index contributed by atoms with van der Waals surface area (Å²) >= 11 is 11.3. The lowest BCUT2D eigenvalue weighted by Crippen LogP contribution is -2.43. The van der Waals surface area contributed by atoms with Crippen molar-refractivity contribution in [3.8, 4) is 10.4 Å². The van der Waals surface area contributed by atoms with E-state index in [9.17, 15) is 9.59 Å². The van der Waals surface area contributed by atoms with E-state index in [2.05, 4.69) is 32.1 Å². The first-order valence-electron chi connectivity index (χ1n) is 8.47. The van der Waals surface area contributed by atoms with Crippen LogP contribution in [0.1, 0.15) is 27.0 Å². The number of hydrogen-bond acceptors (Lipinski definition) is 6. The van der Waals surface area contributed by atoms with Crippen LogP contribution in [0.25, 0.3) is 10.4 Å². The second kappa shape index (κ2) is 9.97. The number of hydrogen-bond donors (Lipinski definition) is 3. The van der Waals surface area contributed by atoms with E-state index in [1.165, 1.54) is 22.7 Å². The summed E-state index contributed by atoms with van der Waals surface area (Å²) in [6.07, 6.45) is 0. The number of carbonyl (C=O) groups is 2. The molecule has 0 aliphatic heterocycles. The molecule has 0 atom stereocenters. The van der Waals surface area contributed by atoms with Gasteiger partial charge in [-0.05, 0) is 58.8 Å². The predicted octanol–water partition coefficient (Wildman–Crippen LogP) is 5.05. The van der Waals surface area contributed by atoms with Crippen molar-refractivity contribution < 1.29 is 14.3 Å². The molecule has 6 nitrogen and oxygen atoms in total. The highest BCUT2D eigenvalue weighted by molar-refractivity contribution is 9.11. The molecule has 1 aromatic carbocycles. The first-order chi connectivity index (χ1) is 14.0. The van der Waals surface area contributed by atoms with Gasteiger partial charge in [-0.25, -0.2) is 4.79 Å². The smallest absolute Gasteiger partial charge is 0.341 e. The molecule has 0 unspecified atom stereocenters. The Morgan fingerprint density at radius 1 is 1.10 bits per heavy atom. The van der Waals surface area contributed by atoms with Gasteiger partial charge in [0.2, 0.25) is 0 Å². The van der Waals surface area contributed by atoms with Crippen LogP contribution in [0, 0.1) is 0 Å². The normalized spacial score (nSPS) is 10.3. The van der Waals surface area contributed by atoms with Gasteiger partial charge in [-0.2, -0.15) is 0 Å². The standard InChI is InChI=1S/C19H16BrN3O3S3/c1-2-26-18(25)12-10-14(11-6-4-3-5-7-11)29-17(12)21-19(27)23-22-16(24)13-8-9-15(20)28-13/h3-10H,2H2,1H3,(H,22,24)(H2,21,23,27). The van der Waals surface area contributed by atoms with Gasteiger partial charge in [-0.3, -0.25) is 15.6 Å². The molecule has 10 heteroatoms. The van der Waals surface area contributed by atoms with Crippen molar-refractivity contribution in [3.63, 3.8) is 0 Å². The fourth-order valence-corrected chi connectivity index (χ4v) is 4.89. The average molecular weight is 510 g/mol. The zero-order valence-electron chi connectivity index (χ0n) is 15.2. The number of hydrazine groups is 1. The van der Waals surface area contributed by atoms with Crippen LogP contribution < -0.4 is 16.2 Å². The lowest BCUT2D eigenvalue weighted by Gasteiger charge is -2.11. The molecule has 0 bridgehead atoms. The number of ether oxygens (including phenoxy) is 1. The van der Waals surface area contributed by atoms with Gasteiger partial charge in [-0.1, -0.05) is 30.3 Å². The maximum Gasteiger partial charge on any atom is 0.341 e. The summed E-state index contributed by atoms with van der Waals surface area (Å²) < 4.78 is 6.00. The van der Waals surface area contributed by atoms with Crippen molar-refractivity contribution in [1.29, 1.82) is 0 Å². The third-order valence-corrected chi connectivity index (χ3v) is 6.53. The Balaban J connectivity index is 1.72. The van der Waals surface area contributed by atoms with Gasteiger partial charge in [0.25, 0.3) is 5.91 Å². The van der Waals surface area contributed by atoms with Crippen LogP contribution in [0.3, 0.4) is 0 Å². The monoisotopic (exact) mass is 509 g/mol. The number of esters is 1. The minimum atomic E-state index is -0.441. The van der Waals surface area contributed by atoms with Gasteiger partial charge >= 0.3 is 5.97 Å².